The molecule has 1 aromatic heterocycles. The quantitative estimate of drug-likeness (QED) is 0.225. The summed E-state index contributed by atoms with van der Waals surface area (Å²) in [6, 6.07) is 0.455. The molecule has 1 atom stereocenters. The first kappa shape index (κ1) is 24.3. The second-order valence-electron chi connectivity index (χ2n) is 8.20. The number of aryl methyl sites for hydroxylation is 1. The number of nitrogens with zero attached hydrogens (tertiary/aromatic N) is 5. The summed E-state index contributed by atoms with van der Waals surface area (Å²) in [6.45, 7) is 7.64. The summed E-state index contributed by atoms with van der Waals surface area (Å²) < 4.78 is 7.14. The zero-order chi connectivity index (χ0) is 19.8. The minimum Gasteiger partial charge on any atom is -0.385 e. The molecule has 2 N–H and O–H groups in total. The van der Waals surface area contributed by atoms with Gasteiger partial charge in [0, 0.05) is 53.0 Å². The fourth-order valence-electron chi connectivity index (χ4n) is 4.18. The van der Waals surface area contributed by atoms with Crippen molar-refractivity contribution in [3.63, 3.8) is 0 Å². The van der Waals surface area contributed by atoms with Gasteiger partial charge in [-0.15, -0.1) is 34.2 Å². The van der Waals surface area contributed by atoms with Crippen LogP contribution >= 0.6 is 24.0 Å². The number of aromatic nitrogens is 3. The molecule has 9 heteroatoms. The summed E-state index contributed by atoms with van der Waals surface area (Å²) >= 11 is 0. The van der Waals surface area contributed by atoms with Crippen LogP contribution in [0.2, 0.25) is 0 Å². The van der Waals surface area contributed by atoms with Crippen molar-refractivity contribution in [1.29, 1.82) is 0 Å². The lowest BCUT2D eigenvalue weighted by atomic mass is 10.1. The Balaban J connectivity index is 0.00000300. The minimum absolute atomic E-state index is 0. The van der Waals surface area contributed by atoms with Crippen molar-refractivity contribution >= 4 is 29.9 Å². The number of rotatable bonds is 9. The van der Waals surface area contributed by atoms with E-state index in [2.05, 4.69) is 25.7 Å². The van der Waals surface area contributed by atoms with Crippen LogP contribution in [0.5, 0.6) is 0 Å². The maximum atomic E-state index is 5.15. The van der Waals surface area contributed by atoms with Crippen LogP contribution < -0.4 is 10.6 Å². The van der Waals surface area contributed by atoms with Gasteiger partial charge in [0.05, 0.1) is 0 Å². The molecule has 29 heavy (non-hydrogen) atoms. The summed E-state index contributed by atoms with van der Waals surface area (Å²) in [4.78, 5) is 7.40. The van der Waals surface area contributed by atoms with Crippen molar-refractivity contribution in [2.24, 2.45) is 18.0 Å². The Morgan fingerprint density at radius 1 is 1.24 bits per heavy atom. The molecule has 2 aliphatic rings. The van der Waals surface area contributed by atoms with Gasteiger partial charge in [0.15, 0.2) is 11.8 Å². The van der Waals surface area contributed by atoms with Gasteiger partial charge in [0.1, 0.15) is 12.4 Å². The summed E-state index contributed by atoms with van der Waals surface area (Å²) in [5.74, 6) is 3.57. The molecular formula is C20H38IN7O. The molecule has 166 valence electrons. The van der Waals surface area contributed by atoms with E-state index in [4.69, 9.17) is 9.73 Å². The number of aliphatic imine (C=N–C) groups is 1. The highest BCUT2D eigenvalue weighted by atomic mass is 127. The molecule has 1 aliphatic heterocycles. The highest BCUT2D eigenvalue weighted by Gasteiger charge is 2.26. The van der Waals surface area contributed by atoms with Crippen molar-refractivity contribution in [2.75, 3.05) is 39.9 Å². The van der Waals surface area contributed by atoms with E-state index >= 15 is 0 Å². The number of ether oxygens (including phenoxy) is 1. The van der Waals surface area contributed by atoms with Gasteiger partial charge in [-0.25, -0.2) is 4.99 Å². The fourth-order valence-corrected chi connectivity index (χ4v) is 4.18. The lowest BCUT2D eigenvalue weighted by molar-refractivity contribution is 0.195. The topological polar surface area (TPSA) is 79.6 Å². The molecule has 0 spiro atoms. The number of halogens is 1. The zero-order valence-corrected chi connectivity index (χ0v) is 20.5. The second kappa shape index (κ2) is 12.7. The molecule has 0 amide bonds. The Morgan fingerprint density at radius 2 is 2.03 bits per heavy atom. The third kappa shape index (κ3) is 7.67. The molecule has 1 saturated carbocycles. The van der Waals surface area contributed by atoms with Crippen LogP contribution in [0.25, 0.3) is 0 Å². The molecule has 2 fully saturated rings. The lowest BCUT2D eigenvalue weighted by Gasteiger charge is -2.21. The molecule has 0 radical (unpaired) electrons. The summed E-state index contributed by atoms with van der Waals surface area (Å²) in [5, 5.41) is 15.4. The van der Waals surface area contributed by atoms with Crippen LogP contribution in [0.3, 0.4) is 0 Å². The van der Waals surface area contributed by atoms with E-state index in [0.29, 0.717) is 12.6 Å². The Labute approximate surface area is 192 Å². The maximum Gasteiger partial charge on any atom is 0.191 e. The largest absolute Gasteiger partial charge is 0.385 e. The van der Waals surface area contributed by atoms with Crippen molar-refractivity contribution in [1.82, 2.24) is 30.3 Å². The third-order valence-corrected chi connectivity index (χ3v) is 5.98. The van der Waals surface area contributed by atoms with E-state index < -0.39 is 0 Å². The van der Waals surface area contributed by atoms with Crippen LogP contribution in [0.1, 0.15) is 50.2 Å². The van der Waals surface area contributed by atoms with Gasteiger partial charge in [-0.1, -0.05) is 12.8 Å². The van der Waals surface area contributed by atoms with Crippen LogP contribution in [0.15, 0.2) is 4.99 Å². The molecule has 2 heterocycles. The number of methoxy groups -OCH3 is 1. The van der Waals surface area contributed by atoms with Crippen molar-refractivity contribution in [3.05, 3.63) is 11.6 Å². The van der Waals surface area contributed by atoms with Crippen LogP contribution in [0.4, 0.5) is 0 Å². The number of hydrogen-bond acceptors (Lipinski definition) is 5. The fraction of sp³-hybridized carbons (Fsp3) is 0.850. The first-order valence-electron chi connectivity index (χ1n) is 10.8. The molecule has 1 aliphatic carbocycles. The van der Waals surface area contributed by atoms with E-state index in [1.807, 2.05) is 18.5 Å². The van der Waals surface area contributed by atoms with E-state index in [-0.39, 0.29) is 24.0 Å². The minimum atomic E-state index is 0. The van der Waals surface area contributed by atoms with Crippen molar-refractivity contribution in [2.45, 2.75) is 58.0 Å². The Morgan fingerprint density at radius 3 is 2.72 bits per heavy atom. The van der Waals surface area contributed by atoms with E-state index in [1.165, 1.54) is 45.2 Å². The Bertz CT molecular complexity index is 630. The Kier molecular flexibility index (Phi) is 10.6. The first-order valence-corrected chi connectivity index (χ1v) is 10.8. The van der Waals surface area contributed by atoms with Crippen LogP contribution in [-0.4, -0.2) is 71.6 Å². The molecule has 0 aromatic carbocycles. The number of guanidine groups is 1. The maximum absolute atomic E-state index is 5.15. The molecule has 1 saturated heterocycles. The van der Waals surface area contributed by atoms with Gasteiger partial charge >= 0.3 is 0 Å². The van der Waals surface area contributed by atoms with Gasteiger partial charge in [-0.05, 0) is 38.5 Å². The first-order chi connectivity index (χ1) is 13.7. The van der Waals surface area contributed by atoms with Crippen LogP contribution in [0, 0.1) is 12.8 Å². The molecular weight excluding hydrogens is 481 g/mol. The molecule has 8 nitrogen and oxygen atoms in total. The van der Waals surface area contributed by atoms with Gasteiger partial charge in [0.25, 0.3) is 0 Å². The van der Waals surface area contributed by atoms with Crippen molar-refractivity contribution < 1.29 is 4.74 Å². The predicted molar refractivity (Wildman–Crippen MR) is 127 cm³/mol. The smallest absolute Gasteiger partial charge is 0.191 e. The lowest BCUT2D eigenvalue weighted by Crippen LogP contribution is -2.45. The van der Waals surface area contributed by atoms with Gasteiger partial charge < -0.3 is 24.8 Å². The number of hydrogen-bond donors (Lipinski definition) is 2. The van der Waals surface area contributed by atoms with E-state index in [9.17, 15) is 0 Å². The second-order valence-corrected chi connectivity index (χ2v) is 8.20. The third-order valence-electron chi connectivity index (χ3n) is 5.98. The van der Waals surface area contributed by atoms with Gasteiger partial charge in [-0.2, -0.15) is 0 Å². The SMILES string of the molecule is COCCCNC(=NCc1nnc(C)n1C)NC1CCN(CC2CCCC2)C1.I. The predicted octanol–water partition coefficient (Wildman–Crippen LogP) is 2.08. The normalized spacial score (nSPS) is 20.8. The summed E-state index contributed by atoms with van der Waals surface area (Å²) in [7, 11) is 3.72. The average molecular weight is 519 g/mol. The van der Waals surface area contributed by atoms with Gasteiger partial charge in [0.2, 0.25) is 0 Å². The Hall–Kier alpha value is -0.940. The average Bonchev–Trinajstić information content (AvgIpc) is 3.42. The van der Waals surface area contributed by atoms with E-state index in [0.717, 1.165) is 49.6 Å². The highest BCUT2D eigenvalue weighted by molar-refractivity contribution is 14.0. The van der Waals surface area contributed by atoms with E-state index in [1.54, 1.807) is 7.11 Å². The molecule has 1 unspecified atom stereocenters. The molecule has 0 bridgehead atoms. The van der Waals surface area contributed by atoms with Gasteiger partial charge in [-0.3, -0.25) is 0 Å². The summed E-state index contributed by atoms with van der Waals surface area (Å²) in [5.41, 5.74) is 0. The van der Waals surface area contributed by atoms with Crippen LogP contribution in [-0.2, 0) is 18.3 Å². The van der Waals surface area contributed by atoms with Crippen molar-refractivity contribution in [3.8, 4) is 0 Å². The summed E-state index contributed by atoms with van der Waals surface area (Å²) in [6.07, 6.45) is 7.81. The highest BCUT2D eigenvalue weighted by Crippen LogP contribution is 2.26. The number of likely N-dealkylation sites (tertiary alicyclic amines) is 1. The standard InChI is InChI=1S/C20H37N7O.HI/c1-16-24-25-19(26(16)2)13-22-20(21-10-6-12-28-3)23-18-9-11-27(15-18)14-17-7-4-5-8-17;/h17-18H,4-15H2,1-3H3,(H2,21,22,23);1H. The molecule has 3 rings (SSSR count). The monoisotopic (exact) mass is 519 g/mol. The molecule has 1 aromatic rings. The number of nitrogens with one attached hydrogen (secondary N) is 2. The zero-order valence-electron chi connectivity index (χ0n) is 18.2.